The molecule has 0 aliphatic carbocycles. The van der Waals surface area contributed by atoms with E-state index in [1.54, 1.807) is 12.1 Å². The molecule has 0 fully saturated rings. The highest BCUT2D eigenvalue weighted by molar-refractivity contribution is 6.30. The van der Waals surface area contributed by atoms with Crippen LogP contribution in [-0.2, 0) is 6.42 Å². The molecule has 0 amide bonds. The fraction of sp³-hybridized carbons (Fsp3) is 0.182. The topological polar surface area (TPSA) is 46.3 Å². The predicted molar refractivity (Wildman–Crippen MR) is 57.7 cm³/mol. The number of aliphatic hydroxyl groups is 1. The second-order valence-electron chi connectivity index (χ2n) is 3.28. The van der Waals surface area contributed by atoms with Crippen LogP contribution in [-0.4, -0.2) is 16.9 Å². The maximum absolute atomic E-state index is 13.2. The molecule has 0 saturated heterocycles. The summed E-state index contributed by atoms with van der Waals surface area (Å²) in [5.41, 5.74) is 1.12. The first-order chi connectivity index (χ1) is 7.70. The molecule has 0 atom stereocenters. The molecule has 0 unspecified atom stereocenters. The van der Waals surface area contributed by atoms with Gasteiger partial charge in [0.2, 0.25) is 0 Å². The number of halogens is 2. The van der Waals surface area contributed by atoms with E-state index in [4.69, 9.17) is 21.2 Å². The summed E-state index contributed by atoms with van der Waals surface area (Å²) < 4.78 is 18.2. The van der Waals surface area contributed by atoms with Crippen molar-refractivity contribution in [3.8, 4) is 11.3 Å². The lowest BCUT2D eigenvalue weighted by atomic mass is 10.1. The van der Waals surface area contributed by atoms with E-state index in [0.717, 1.165) is 0 Å². The van der Waals surface area contributed by atoms with Crippen molar-refractivity contribution in [2.75, 3.05) is 6.61 Å². The lowest BCUT2D eigenvalue weighted by Crippen LogP contribution is -1.86. The molecule has 0 spiro atoms. The van der Waals surface area contributed by atoms with E-state index in [9.17, 15) is 4.39 Å². The van der Waals surface area contributed by atoms with Gasteiger partial charge in [0.1, 0.15) is 17.3 Å². The van der Waals surface area contributed by atoms with Crippen LogP contribution in [0.25, 0.3) is 11.3 Å². The van der Waals surface area contributed by atoms with Crippen molar-refractivity contribution in [1.82, 2.24) is 5.16 Å². The first kappa shape index (κ1) is 11.1. The molecule has 84 valence electrons. The molecule has 1 N–H and O–H groups in total. The molecular weight excluding hydrogens is 233 g/mol. The maximum Gasteiger partial charge on any atom is 0.142 e. The number of hydrogen-bond donors (Lipinski definition) is 1. The first-order valence-corrected chi connectivity index (χ1v) is 5.10. The molecule has 0 saturated carbocycles. The van der Waals surface area contributed by atoms with Crippen LogP contribution in [0.5, 0.6) is 0 Å². The second-order valence-corrected chi connectivity index (χ2v) is 3.69. The average Bonchev–Trinajstić information content (AvgIpc) is 2.71. The Bertz CT molecular complexity index is 498. The van der Waals surface area contributed by atoms with E-state index < -0.39 is 5.82 Å². The average molecular weight is 242 g/mol. The van der Waals surface area contributed by atoms with E-state index in [-0.39, 0.29) is 11.6 Å². The van der Waals surface area contributed by atoms with E-state index in [1.165, 1.54) is 12.1 Å². The first-order valence-electron chi connectivity index (χ1n) is 4.72. The van der Waals surface area contributed by atoms with Gasteiger partial charge in [0.15, 0.2) is 0 Å². The molecule has 0 aliphatic heterocycles. The lowest BCUT2D eigenvalue weighted by Gasteiger charge is -1.97. The van der Waals surface area contributed by atoms with Crippen molar-refractivity contribution in [2.45, 2.75) is 6.42 Å². The van der Waals surface area contributed by atoms with Crippen molar-refractivity contribution in [3.05, 3.63) is 40.9 Å². The summed E-state index contributed by atoms with van der Waals surface area (Å²) in [7, 11) is 0. The molecule has 0 bridgehead atoms. The Morgan fingerprint density at radius 3 is 2.88 bits per heavy atom. The summed E-state index contributed by atoms with van der Waals surface area (Å²) in [6.07, 6.45) is 0.392. The minimum absolute atomic E-state index is 0.0103. The quantitative estimate of drug-likeness (QED) is 0.899. The fourth-order valence-corrected chi connectivity index (χ4v) is 1.45. The molecule has 1 aromatic heterocycles. The van der Waals surface area contributed by atoms with Crippen molar-refractivity contribution < 1.29 is 14.0 Å². The maximum atomic E-state index is 13.2. The lowest BCUT2D eigenvalue weighted by molar-refractivity contribution is 0.277. The molecule has 0 radical (unpaired) electrons. The van der Waals surface area contributed by atoms with Gasteiger partial charge in [-0.1, -0.05) is 22.8 Å². The third-order valence-electron chi connectivity index (χ3n) is 2.13. The Kier molecular flexibility index (Phi) is 3.22. The number of aliphatic hydroxyl groups excluding tert-OH is 1. The van der Waals surface area contributed by atoms with Crippen LogP contribution in [0.15, 0.2) is 28.8 Å². The normalized spacial score (nSPS) is 10.7. The van der Waals surface area contributed by atoms with Crippen molar-refractivity contribution in [1.29, 1.82) is 0 Å². The summed E-state index contributed by atoms with van der Waals surface area (Å²) in [5.74, 6) is 0.0683. The Hall–Kier alpha value is -1.39. The monoisotopic (exact) mass is 241 g/mol. The molecule has 1 aromatic carbocycles. The standard InChI is InChI=1S/C11H9ClFNO2/c12-9-2-1-7(5-10(9)13)11-6-8(3-4-15)16-14-11/h1-2,5-6,15H,3-4H2. The highest BCUT2D eigenvalue weighted by Gasteiger charge is 2.08. The summed E-state index contributed by atoms with van der Waals surface area (Å²) >= 11 is 5.57. The van der Waals surface area contributed by atoms with Crippen LogP contribution in [0, 0.1) is 5.82 Å². The largest absolute Gasteiger partial charge is 0.396 e. The zero-order valence-electron chi connectivity index (χ0n) is 8.28. The van der Waals surface area contributed by atoms with E-state index in [0.29, 0.717) is 23.4 Å². The SMILES string of the molecule is OCCc1cc(-c2ccc(Cl)c(F)c2)no1. The molecule has 2 aromatic rings. The number of nitrogens with zero attached hydrogens (tertiary/aromatic N) is 1. The van der Waals surface area contributed by atoms with Gasteiger partial charge >= 0.3 is 0 Å². The number of benzene rings is 1. The van der Waals surface area contributed by atoms with Gasteiger partial charge in [-0.05, 0) is 12.1 Å². The molecule has 3 nitrogen and oxygen atoms in total. The van der Waals surface area contributed by atoms with E-state index >= 15 is 0 Å². The van der Waals surface area contributed by atoms with Gasteiger partial charge in [-0.2, -0.15) is 0 Å². The summed E-state index contributed by atoms with van der Waals surface area (Å²) in [5, 5.41) is 12.6. The van der Waals surface area contributed by atoms with Gasteiger partial charge < -0.3 is 9.63 Å². The molecular formula is C11H9ClFNO2. The van der Waals surface area contributed by atoms with Crippen LogP contribution in [0.2, 0.25) is 5.02 Å². The molecule has 5 heteroatoms. The molecule has 0 aliphatic rings. The smallest absolute Gasteiger partial charge is 0.142 e. The van der Waals surface area contributed by atoms with Gasteiger partial charge in [-0.15, -0.1) is 0 Å². The minimum atomic E-state index is -0.495. The van der Waals surface area contributed by atoms with Gasteiger partial charge in [-0.25, -0.2) is 4.39 Å². The minimum Gasteiger partial charge on any atom is -0.396 e. The van der Waals surface area contributed by atoms with E-state index in [2.05, 4.69) is 5.16 Å². The zero-order chi connectivity index (χ0) is 11.5. The van der Waals surface area contributed by atoms with Crippen LogP contribution in [0.3, 0.4) is 0 Å². The van der Waals surface area contributed by atoms with Crippen molar-refractivity contribution in [2.24, 2.45) is 0 Å². The Morgan fingerprint density at radius 1 is 1.38 bits per heavy atom. The summed E-state index contributed by atoms with van der Waals surface area (Å²) in [6, 6.07) is 6.08. The third kappa shape index (κ3) is 2.23. The van der Waals surface area contributed by atoms with Crippen LogP contribution in [0.4, 0.5) is 4.39 Å². The van der Waals surface area contributed by atoms with E-state index in [1.807, 2.05) is 0 Å². The zero-order valence-corrected chi connectivity index (χ0v) is 9.04. The Morgan fingerprint density at radius 2 is 2.19 bits per heavy atom. The fourth-order valence-electron chi connectivity index (χ4n) is 1.33. The summed E-state index contributed by atoms with van der Waals surface area (Å²) in [4.78, 5) is 0. The summed E-state index contributed by atoms with van der Waals surface area (Å²) in [6.45, 7) is -0.0103. The van der Waals surface area contributed by atoms with Crippen LogP contribution >= 0.6 is 11.6 Å². The highest BCUT2D eigenvalue weighted by Crippen LogP contribution is 2.24. The second kappa shape index (κ2) is 4.63. The van der Waals surface area contributed by atoms with Crippen molar-refractivity contribution >= 4 is 11.6 Å². The molecule has 16 heavy (non-hydrogen) atoms. The molecule has 1 heterocycles. The van der Waals surface area contributed by atoms with Gasteiger partial charge in [0, 0.05) is 18.1 Å². The third-order valence-corrected chi connectivity index (χ3v) is 2.44. The number of hydrogen-bond acceptors (Lipinski definition) is 3. The highest BCUT2D eigenvalue weighted by atomic mass is 35.5. The number of rotatable bonds is 3. The molecule has 2 rings (SSSR count). The predicted octanol–water partition coefficient (Wildman–Crippen LogP) is 2.67. The van der Waals surface area contributed by atoms with Gasteiger partial charge in [-0.3, -0.25) is 0 Å². The van der Waals surface area contributed by atoms with Crippen LogP contribution < -0.4 is 0 Å². The van der Waals surface area contributed by atoms with Crippen LogP contribution in [0.1, 0.15) is 5.76 Å². The number of aromatic nitrogens is 1. The van der Waals surface area contributed by atoms with Crippen molar-refractivity contribution in [3.63, 3.8) is 0 Å². The van der Waals surface area contributed by atoms with Gasteiger partial charge in [0.05, 0.1) is 11.6 Å². The Balaban J connectivity index is 2.31. The van der Waals surface area contributed by atoms with Gasteiger partial charge in [0.25, 0.3) is 0 Å². The Labute approximate surface area is 96.4 Å².